The van der Waals surface area contributed by atoms with Crippen LogP contribution in [0.2, 0.25) is 0 Å². The largest absolute Gasteiger partial charge is 0.349 e. The molecule has 3 rings (SSSR count). The fraction of sp³-hybridized carbons (Fsp3) is 0.125. The number of pyridine rings is 1. The average Bonchev–Trinajstić information content (AvgIpc) is 3.19. The summed E-state index contributed by atoms with van der Waals surface area (Å²) in [6, 6.07) is 8.80. The van der Waals surface area contributed by atoms with Crippen LogP contribution in [0.25, 0.3) is 6.08 Å². The number of imide groups is 1. The van der Waals surface area contributed by atoms with Gasteiger partial charge >= 0.3 is 0 Å². The molecular weight excluding hydrogens is 346 g/mol. The van der Waals surface area contributed by atoms with Crippen LogP contribution in [0.3, 0.4) is 0 Å². The third-order valence-corrected chi connectivity index (χ3v) is 4.94. The van der Waals surface area contributed by atoms with E-state index in [0.717, 1.165) is 21.5 Å². The molecule has 0 unspecified atom stereocenters. The molecule has 3 amide bonds. The van der Waals surface area contributed by atoms with Gasteiger partial charge in [0.15, 0.2) is 0 Å². The smallest absolute Gasteiger partial charge is 0.293 e. The van der Waals surface area contributed by atoms with Crippen molar-refractivity contribution < 1.29 is 14.4 Å². The van der Waals surface area contributed by atoms with Gasteiger partial charge < -0.3 is 5.32 Å². The van der Waals surface area contributed by atoms with Crippen LogP contribution in [0.1, 0.15) is 15.4 Å². The predicted octanol–water partition coefficient (Wildman–Crippen LogP) is 2.61. The Labute approximate surface area is 146 Å². The quantitative estimate of drug-likeness (QED) is 0.830. The molecular formula is C16H13N3O3S2. The number of carbonyl (C=O) groups excluding carboxylic acids is 3. The second-order valence-corrected chi connectivity index (χ2v) is 6.79. The van der Waals surface area contributed by atoms with Crippen LogP contribution in [0.5, 0.6) is 0 Å². The van der Waals surface area contributed by atoms with Gasteiger partial charge in [0.2, 0.25) is 0 Å². The summed E-state index contributed by atoms with van der Waals surface area (Å²) in [5.74, 6) is -0.665. The number of aromatic nitrogens is 1. The van der Waals surface area contributed by atoms with Crippen LogP contribution in [-0.4, -0.2) is 40.0 Å². The van der Waals surface area contributed by atoms with E-state index in [0.29, 0.717) is 10.6 Å². The van der Waals surface area contributed by atoms with Gasteiger partial charge in [-0.1, -0.05) is 12.1 Å². The zero-order valence-electron chi connectivity index (χ0n) is 12.5. The lowest BCUT2D eigenvalue weighted by molar-refractivity contribution is -0.122. The first-order valence-electron chi connectivity index (χ1n) is 7.13. The van der Waals surface area contributed by atoms with Gasteiger partial charge in [0, 0.05) is 24.2 Å². The topological polar surface area (TPSA) is 79.4 Å². The number of thioether (sulfide) groups is 1. The molecule has 1 aliphatic rings. The lowest BCUT2D eigenvalue weighted by Gasteiger charge is -2.12. The summed E-state index contributed by atoms with van der Waals surface area (Å²) in [5, 5.41) is 4.23. The van der Waals surface area contributed by atoms with Crippen molar-refractivity contribution in [1.29, 1.82) is 0 Å². The SMILES string of the molecule is O=C(NCCN1C(=O)S/C(=C/c2cccs2)C1=O)c1ccccn1. The Morgan fingerprint density at radius 2 is 2.12 bits per heavy atom. The van der Waals surface area contributed by atoms with Gasteiger partial charge in [0.05, 0.1) is 4.91 Å². The Hall–Kier alpha value is -2.45. The highest BCUT2D eigenvalue weighted by Gasteiger charge is 2.34. The summed E-state index contributed by atoms with van der Waals surface area (Å²) in [7, 11) is 0. The van der Waals surface area contributed by atoms with Crippen LogP contribution in [0.15, 0.2) is 46.8 Å². The van der Waals surface area contributed by atoms with Crippen molar-refractivity contribution in [3.63, 3.8) is 0 Å². The van der Waals surface area contributed by atoms with Crippen molar-refractivity contribution in [3.05, 3.63) is 57.4 Å². The molecule has 1 saturated heterocycles. The highest BCUT2D eigenvalue weighted by molar-refractivity contribution is 8.18. The van der Waals surface area contributed by atoms with Gasteiger partial charge in [-0.2, -0.15) is 0 Å². The maximum absolute atomic E-state index is 12.3. The van der Waals surface area contributed by atoms with Gasteiger partial charge in [-0.3, -0.25) is 24.3 Å². The van der Waals surface area contributed by atoms with Crippen molar-refractivity contribution in [2.45, 2.75) is 0 Å². The Morgan fingerprint density at radius 3 is 2.83 bits per heavy atom. The Kier molecular flexibility index (Phi) is 5.07. The predicted molar refractivity (Wildman–Crippen MR) is 93.6 cm³/mol. The summed E-state index contributed by atoms with van der Waals surface area (Å²) in [5.41, 5.74) is 0.296. The van der Waals surface area contributed by atoms with E-state index in [-0.39, 0.29) is 30.1 Å². The van der Waals surface area contributed by atoms with Crippen LogP contribution >= 0.6 is 23.1 Å². The second kappa shape index (κ2) is 7.41. The molecule has 1 N–H and O–H groups in total. The molecule has 8 heteroatoms. The van der Waals surface area contributed by atoms with E-state index in [1.165, 1.54) is 17.5 Å². The monoisotopic (exact) mass is 359 g/mol. The van der Waals surface area contributed by atoms with E-state index >= 15 is 0 Å². The van der Waals surface area contributed by atoms with Crippen LogP contribution in [0.4, 0.5) is 4.79 Å². The fourth-order valence-electron chi connectivity index (χ4n) is 2.06. The molecule has 1 aliphatic heterocycles. The fourth-order valence-corrected chi connectivity index (χ4v) is 3.65. The summed E-state index contributed by atoms with van der Waals surface area (Å²) in [6.45, 7) is 0.310. The van der Waals surface area contributed by atoms with E-state index in [1.54, 1.807) is 24.3 Å². The molecule has 1 fully saturated rings. The molecule has 0 atom stereocenters. The van der Waals surface area contributed by atoms with E-state index in [2.05, 4.69) is 10.3 Å². The molecule has 3 heterocycles. The molecule has 0 spiro atoms. The van der Waals surface area contributed by atoms with Crippen LogP contribution < -0.4 is 5.32 Å². The maximum Gasteiger partial charge on any atom is 0.293 e. The zero-order valence-corrected chi connectivity index (χ0v) is 14.1. The standard InChI is InChI=1S/C16H13N3O3S2/c20-14(12-5-1-2-6-17-12)18-7-8-19-15(21)13(24-16(19)22)10-11-4-3-9-23-11/h1-6,9-10H,7-8H2,(H,18,20)/b13-10+. The Morgan fingerprint density at radius 1 is 1.25 bits per heavy atom. The third kappa shape index (κ3) is 3.72. The van der Waals surface area contributed by atoms with Gasteiger partial charge in [0.25, 0.3) is 17.1 Å². The molecule has 24 heavy (non-hydrogen) atoms. The summed E-state index contributed by atoms with van der Waals surface area (Å²) in [4.78, 5) is 42.5. The molecule has 6 nitrogen and oxygen atoms in total. The summed E-state index contributed by atoms with van der Waals surface area (Å²) in [6.07, 6.45) is 3.24. The first-order chi connectivity index (χ1) is 11.6. The third-order valence-electron chi connectivity index (χ3n) is 3.21. The molecule has 0 radical (unpaired) electrons. The number of amides is 3. The second-order valence-electron chi connectivity index (χ2n) is 4.82. The normalized spacial score (nSPS) is 16.0. The number of carbonyl (C=O) groups is 3. The van der Waals surface area contributed by atoms with E-state index in [1.807, 2.05) is 17.5 Å². The Bertz CT molecular complexity index is 788. The average molecular weight is 359 g/mol. The first kappa shape index (κ1) is 16.4. The molecule has 122 valence electrons. The lowest BCUT2D eigenvalue weighted by atomic mass is 10.3. The maximum atomic E-state index is 12.3. The first-order valence-corrected chi connectivity index (χ1v) is 8.83. The number of thiophene rings is 1. The number of hydrogen-bond acceptors (Lipinski definition) is 6. The van der Waals surface area contributed by atoms with E-state index in [4.69, 9.17) is 0 Å². The highest BCUT2D eigenvalue weighted by atomic mass is 32.2. The summed E-state index contributed by atoms with van der Waals surface area (Å²) >= 11 is 2.41. The van der Waals surface area contributed by atoms with Crippen molar-refractivity contribution in [2.75, 3.05) is 13.1 Å². The minimum atomic E-state index is -0.336. The molecule has 0 saturated carbocycles. The highest BCUT2D eigenvalue weighted by Crippen LogP contribution is 2.32. The van der Waals surface area contributed by atoms with Crippen molar-refractivity contribution in [2.24, 2.45) is 0 Å². The zero-order chi connectivity index (χ0) is 16.9. The van der Waals surface area contributed by atoms with Crippen LogP contribution in [-0.2, 0) is 4.79 Å². The van der Waals surface area contributed by atoms with Crippen LogP contribution in [0, 0.1) is 0 Å². The molecule has 0 aromatic carbocycles. The molecule has 0 bridgehead atoms. The summed E-state index contributed by atoms with van der Waals surface area (Å²) < 4.78 is 0. The number of hydrogen-bond donors (Lipinski definition) is 1. The number of nitrogens with zero attached hydrogens (tertiary/aromatic N) is 2. The number of rotatable bonds is 5. The molecule has 0 aliphatic carbocycles. The van der Waals surface area contributed by atoms with Crippen molar-refractivity contribution >= 4 is 46.2 Å². The van der Waals surface area contributed by atoms with Gasteiger partial charge in [0.1, 0.15) is 5.69 Å². The molecule has 2 aromatic rings. The minimum Gasteiger partial charge on any atom is -0.349 e. The van der Waals surface area contributed by atoms with Crippen molar-refractivity contribution in [1.82, 2.24) is 15.2 Å². The Balaban J connectivity index is 1.57. The van der Waals surface area contributed by atoms with E-state index < -0.39 is 0 Å². The molecule has 2 aromatic heterocycles. The van der Waals surface area contributed by atoms with E-state index in [9.17, 15) is 14.4 Å². The van der Waals surface area contributed by atoms with Gasteiger partial charge in [-0.05, 0) is 41.4 Å². The van der Waals surface area contributed by atoms with Crippen molar-refractivity contribution in [3.8, 4) is 0 Å². The number of nitrogens with one attached hydrogen (secondary N) is 1. The minimum absolute atomic E-state index is 0.130. The lowest BCUT2D eigenvalue weighted by Crippen LogP contribution is -2.37. The van der Waals surface area contributed by atoms with Gasteiger partial charge in [-0.15, -0.1) is 11.3 Å². The van der Waals surface area contributed by atoms with Gasteiger partial charge in [-0.25, -0.2) is 0 Å².